The minimum Gasteiger partial charge on any atom is -0.100 e. The number of hydrogen-bond donors (Lipinski definition) is 0. The van der Waals surface area contributed by atoms with E-state index in [-0.39, 0.29) is 0 Å². The molecule has 0 saturated carbocycles. The van der Waals surface area contributed by atoms with Crippen LogP contribution in [0.1, 0.15) is 53.4 Å². The topological polar surface area (TPSA) is 0 Å². The van der Waals surface area contributed by atoms with Crippen molar-refractivity contribution in [3.63, 3.8) is 0 Å². The SMILES string of the molecule is C=C(C)CCC=C(C)CCC=C(C)C. The average Bonchev–Trinajstić information content (AvgIpc) is 2.02. The molecule has 0 aliphatic carbocycles. The first-order valence-electron chi connectivity index (χ1n) is 5.45. The van der Waals surface area contributed by atoms with Crippen LogP contribution in [0.15, 0.2) is 35.5 Å². The fraction of sp³-hybridized carbons (Fsp3) is 0.571. The molecular formula is C14H24. The molecule has 0 bridgehead atoms. The highest BCUT2D eigenvalue weighted by atomic mass is 14.0. The molecule has 0 aromatic heterocycles. The van der Waals surface area contributed by atoms with E-state index < -0.39 is 0 Å². The van der Waals surface area contributed by atoms with Crippen LogP contribution in [0.2, 0.25) is 0 Å². The molecule has 0 heteroatoms. The van der Waals surface area contributed by atoms with Gasteiger partial charge in [-0.15, -0.1) is 6.58 Å². The molecule has 0 N–H and O–H groups in total. The summed E-state index contributed by atoms with van der Waals surface area (Å²) in [5, 5.41) is 0. The summed E-state index contributed by atoms with van der Waals surface area (Å²) in [5.74, 6) is 0. The monoisotopic (exact) mass is 192 g/mol. The average molecular weight is 192 g/mol. The van der Waals surface area contributed by atoms with Crippen molar-refractivity contribution >= 4 is 0 Å². The maximum Gasteiger partial charge on any atom is -0.0288 e. The Morgan fingerprint density at radius 1 is 0.929 bits per heavy atom. The molecule has 0 aliphatic rings. The molecule has 0 aromatic rings. The molecule has 0 heterocycles. The van der Waals surface area contributed by atoms with Gasteiger partial charge in [0.2, 0.25) is 0 Å². The third-order valence-electron chi connectivity index (χ3n) is 2.16. The lowest BCUT2D eigenvalue weighted by atomic mass is 10.1. The first-order chi connectivity index (χ1) is 6.52. The van der Waals surface area contributed by atoms with Gasteiger partial charge in [-0.1, -0.05) is 28.9 Å². The molecule has 0 atom stereocenters. The summed E-state index contributed by atoms with van der Waals surface area (Å²) in [6.45, 7) is 12.5. The second kappa shape index (κ2) is 7.61. The van der Waals surface area contributed by atoms with Gasteiger partial charge >= 0.3 is 0 Å². The minimum atomic E-state index is 1.12. The molecular weight excluding hydrogens is 168 g/mol. The molecule has 0 nitrogen and oxygen atoms in total. The fourth-order valence-corrected chi connectivity index (χ4v) is 1.26. The second-order valence-corrected chi connectivity index (χ2v) is 4.37. The van der Waals surface area contributed by atoms with Crippen LogP contribution in [0, 0.1) is 0 Å². The zero-order valence-electron chi connectivity index (χ0n) is 10.2. The molecule has 0 spiro atoms. The number of rotatable bonds is 6. The van der Waals surface area contributed by atoms with E-state index in [4.69, 9.17) is 0 Å². The van der Waals surface area contributed by atoms with E-state index in [1.54, 1.807) is 0 Å². The van der Waals surface area contributed by atoms with E-state index in [0.717, 1.165) is 12.8 Å². The van der Waals surface area contributed by atoms with Crippen LogP contribution >= 0.6 is 0 Å². The lowest BCUT2D eigenvalue weighted by Gasteiger charge is -1.99. The highest BCUT2D eigenvalue weighted by molar-refractivity contribution is 5.03. The lowest BCUT2D eigenvalue weighted by Crippen LogP contribution is -1.79. The Hall–Kier alpha value is -0.780. The van der Waals surface area contributed by atoms with Gasteiger partial charge in [-0.25, -0.2) is 0 Å². The van der Waals surface area contributed by atoms with Crippen LogP contribution in [0.25, 0.3) is 0 Å². The van der Waals surface area contributed by atoms with Crippen molar-refractivity contribution in [1.82, 2.24) is 0 Å². The van der Waals surface area contributed by atoms with Gasteiger partial charge in [0.1, 0.15) is 0 Å². The molecule has 80 valence electrons. The summed E-state index contributed by atoms with van der Waals surface area (Å²) >= 11 is 0. The summed E-state index contributed by atoms with van der Waals surface area (Å²) < 4.78 is 0. The highest BCUT2D eigenvalue weighted by Gasteiger charge is 1.89. The van der Waals surface area contributed by atoms with Gasteiger partial charge in [0.25, 0.3) is 0 Å². The predicted octanol–water partition coefficient (Wildman–Crippen LogP) is 5.04. The second-order valence-electron chi connectivity index (χ2n) is 4.37. The standard InChI is InChI=1S/C14H24/c1-12(2)8-6-10-14(5)11-7-9-13(3)4/h9-10H,1,6-8,11H2,2-5H3. The van der Waals surface area contributed by atoms with Gasteiger partial charge in [-0.3, -0.25) is 0 Å². The van der Waals surface area contributed by atoms with Crippen molar-refractivity contribution in [2.45, 2.75) is 53.4 Å². The Labute approximate surface area is 89.4 Å². The summed E-state index contributed by atoms with van der Waals surface area (Å²) in [4.78, 5) is 0. The Morgan fingerprint density at radius 2 is 1.50 bits per heavy atom. The smallest absolute Gasteiger partial charge is 0.0288 e. The van der Waals surface area contributed by atoms with Crippen LogP contribution in [-0.4, -0.2) is 0 Å². The highest BCUT2D eigenvalue weighted by Crippen LogP contribution is 2.10. The van der Waals surface area contributed by atoms with Gasteiger partial charge in [0.15, 0.2) is 0 Å². The van der Waals surface area contributed by atoms with Crippen molar-refractivity contribution in [3.8, 4) is 0 Å². The summed E-state index contributed by atoms with van der Waals surface area (Å²) in [7, 11) is 0. The summed E-state index contributed by atoms with van der Waals surface area (Å²) in [6, 6.07) is 0. The van der Waals surface area contributed by atoms with Gasteiger partial charge in [-0.05, 0) is 53.4 Å². The molecule has 0 rings (SSSR count). The Morgan fingerprint density at radius 3 is 2.00 bits per heavy atom. The van der Waals surface area contributed by atoms with Crippen LogP contribution in [0.4, 0.5) is 0 Å². The molecule has 0 unspecified atom stereocenters. The molecule has 0 aliphatic heterocycles. The normalized spacial score (nSPS) is 11.3. The van der Waals surface area contributed by atoms with Crippen molar-refractivity contribution < 1.29 is 0 Å². The molecule has 0 fully saturated rings. The first kappa shape index (κ1) is 13.2. The van der Waals surface area contributed by atoms with E-state index in [2.05, 4.69) is 46.4 Å². The first-order valence-corrected chi connectivity index (χ1v) is 5.45. The van der Waals surface area contributed by atoms with Gasteiger partial charge in [-0.2, -0.15) is 0 Å². The van der Waals surface area contributed by atoms with Crippen molar-refractivity contribution in [2.75, 3.05) is 0 Å². The molecule has 0 aromatic carbocycles. The third-order valence-corrected chi connectivity index (χ3v) is 2.16. The van der Waals surface area contributed by atoms with E-state index in [9.17, 15) is 0 Å². The number of hydrogen-bond acceptors (Lipinski definition) is 0. The van der Waals surface area contributed by atoms with Crippen LogP contribution in [0.5, 0.6) is 0 Å². The quantitative estimate of drug-likeness (QED) is 0.517. The predicted molar refractivity (Wildman–Crippen MR) is 66.5 cm³/mol. The molecule has 14 heavy (non-hydrogen) atoms. The Bertz CT molecular complexity index is 224. The Kier molecular flexibility index (Phi) is 7.18. The summed E-state index contributed by atoms with van der Waals surface area (Å²) in [6.07, 6.45) is 9.29. The molecule has 0 amide bonds. The van der Waals surface area contributed by atoms with E-state index in [0.29, 0.717) is 0 Å². The fourth-order valence-electron chi connectivity index (χ4n) is 1.26. The largest absolute Gasteiger partial charge is 0.100 e. The molecule has 0 radical (unpaired) electrons. The molecule has 0 saturated heterocycles. The lowest BCUT2D eigenvalue weighted by molar-refractivity contribution is 0.920. The van der Waals surface area contributed by atoms with E-state index in [1.807, 2.05) is 0 Å². The number of allylic oxidation sites excluding steroid dienone is 5. The van der Waals surface area contributed by atoms with Crippen LogP contribution in [-0.2, 0) is 0 Å². The zero-order valence-corrected chi connectivity index (χ0v) is 10.2. The van der Waals surface area contributed by atoms with Crippen LogP contribution < -0.4 is 0 Å². The van der Waals surface area contributed by atoms with Gasteiger partial charge in [0, 0.05) is 0 Å². The van der Waals surface area contributed by atoms with Crippen molar-refractivity contribution in [2.24, 2.45) is 0 Å². The van der Waals surface area contributed by atoms with E-state index in [1.165, 1.54) is 29.6 Å². The van der Waals surface area contributed by atoms with Crippen molar-refractivity contribution in [1.29, 1.82) is 0 Å². The van der Waals surface area contributed by atoms with Gasteiger partial charge in [0.05, 0.1) is 0 Å². The zero-order chi connectivity index (χ0) is 11.0. The maximum absolute atomic E-state index is 3.90. The minimum absolute atomic E-state index is 1.12. The maximum atomic E-state index is 3.90. The van der Waals surface area contributed by atoms with E-state index >= 15 is 0 Å². The third kappa shape index (κ3) is 9.31. The Balaban J connectivity index is 3.67. The van der Waals surface area contributed by atoms with Gasteiger partial charge < -0.3 is 0 Å². The summed E-state index contributed by atoms with van der Waals surface area (Å²) in [5.41, 5.74) is 4.20. The van der Waals surface area contributed by atoms with Crippen molar-refractivity contribution in [3.05, 3.63) is 35.5 Å². The van der Waals surface area contributed by atoms with Crippen LogP contribution in [0.3, 0.4) is 0 Å².